The first-order valence-electron chi connectivity index (χ1n) is 12.9. The molecule has 1 heterocycles. The van der Waals surface area contributed by atoms with Gasteiger partial charge in [-0.3, -0.25) is 24.6 Å². The molecule has 1 saturated heterocycles. The van der Waals surface area contributed by atoms with E-state index in [0.717, 1.165) is 62.6 Å². The minimum Gasteiger partial charge on any atom is -0.444 e. The Bertz CT molecular complexity index is 897. The Kier molecular flexibility index (Phi) is 11.9. The monoisotopic (exact) mass is 502 g/mol. The second-order valence-corrected chi connectivity index (χ2v) is 10.3. The van der Waals surface area contributed by atoms with Gasteiger partial charge in [-0.15, -0.1) is 0 Å². The van der Waals surface area contributed by atoms with E-state index in [1.54, 1.807) is 6.07 Å². The number of piperidine rings is 1. The summed E-state index contributed by atoms with van der Waals surface area (Å²) in [4.78, 5) is 48.9. The van der Waals surface area contributed by atoms with Crippen LogP contribution in [0.15, 0.2) is 18.2 Å². The molecular formula is C27H42N4O5. The molecule has 9 heteroatoms. The van der Waals surface area contributed by atoms with E-state index >= 15 is 0 Å². The lowest BCUT2D eigenvalue weighted by molar-refractivity contribution is -0.137. The maximum Gasteiger partial charge on any atom is 0.407 e. The molecule has 1 aliphatic heterocycles. The molecule has 0 bridgehead atoms. The van der Waals surface area contributed by atoms with E-state index in [1.807, 2.05) is 44.9 Å². The van der Waals surface area contributed by atoms with Crippen LogP contribution in [0, 0.1) is 0 Å². The molecule has 1 atom stereocenters. The summed E-state index contributed by atoms with van der Waals surface area (Å²) in [5, 5.41) is 8.63. The van der Waals surface area contributed by atoms with Gasteiger partial charge in [-0.25, -0.2) is 4.79 Å². The molecule has 36 heavy (non-hydrogen) atoms. The molecule has 9 nitrogen and oxygen atoms in total. The zero-order chi connectivity index (χ0) is 26.6. The number of aldehydes is 1. The minimum absolute atomic E-state index is 0.238. The number of anilines is 1. The molecule has 0 radical (unpaired) electrons. The molecule has 0 aliphatic carbocycles. The molecule has 0 spiro atoms. The maximum absolute atomic E-state index is 12.2. The number of rotatable bonds is 14. The van der Waals surface area contributed by atoms with Crippen molar-refractivity contribution < 1.29 is 23.9 Å². The fourth-order valence-electron chi connectivity index (χ4n) is 4.20. The Labute approximate surface area is 214 Å². The Morgan fingerprint density at radius 3 is 2.42 bits per heavy atom. The highest BCUT2D eigenvalue weighted by Crippen LogP contribution is 2.23. The number of imide groups is 1. The van der Waals surface area contributed by atoms with Crippen molar-refractivity contribution >= 4 is 29.9 Å². The number of hydrogen-bond donors (Lipinski definition) is 3. The predicted molar refractivity (Wildman–Crippen MR) is 140 cm³/mol. The number of carbonyl (C=O) groups is 4. The van der Waals surface area contributed by atoms with Crippen LogP contribution in [0.4, 0.5) is 10.5 Å². The van der Waals surface area contributed by atoms with Gasteiger partial charge in [-0.2, -0.15) is 0 Å². The van der Waals surface area contributed by atoms with E-state index in [2.05, 4.69) is 16.0 Å². The Morgan fingerprint density at radius 1 is 1.11 bits per heavy atom. The van der Waals surface area contributed by atoms with Crippen molar-refractivity contribution in [3.8, 4) is 0 Å². The quantitative estimate of drug-likeness (QED) is 0.200. The van der Waals surface area contributed by atoms with Crippen molar-refractivity contribution in [1.82, 2.24) is 15.5 Å². The topological polar surface area (TPSA) is 117 Å². The van der Waals surface area contributed by atoms with E-state index in [4.69, 9.17) is 4.74 Å². The highest BCUT2D eigenvalue weighted by Gasteiger charge is 2.30. The zero-order valence-electron chi connectivity index (χ0n) is 22.2. The molecule has 1 unspecified atom stereocenters. The van der Waals surface area contributed by atoms with Gasteiger partial charge >= 0.3 is 6.09 Å². The van der Waals surface area contributed by atoms with Gasteiger partial charge in [0.1, 0.15) is 11.9 Å². The van der Waals surface area contributed by atoms with Gasteiger partial charge in [0.15, 0.2) is 0 Å². The molecule has 200 valence electrons. The number of alkyl carbamates (subject to hydrolysis) is 1. The van der Waals surface area contributed by atoms with Gasteiger partial charge in [0, 0.05) is 37.3 Å². The number of benzene rings is 1. The SMILES string of the molecule is CN(Cc1c(C=O)cccc1NCCCCCCCCNC(=O)OC(C)(C)C)C1CCC(=O)NC1=O. The van der Waals surface area contributed by atoms with Gasteiger partial charge in [0.25, 0.3) is 0 Å². The second-order valence-electron chi connectivity index (χ2n) is 10.3. The lowest BCUT2D eigenvalue weighted by Gasteiger charge is -2.30. The van der Waals surface area contributed by atoms with Gasteiger partial charge in [0.2, 0.25) is 11.8 Å². The largest absolute Gasteiger partial charge is 0.444 e. The number of amides is 3. The predicted octanol–water partition coefficient (Wildman–Crippen LogP) is 4.01. The lowest BCUT2D eigenvalue weighted by atomic mass is 10.0. The normalized spacial score (nSPS) is 16.0. The summed E-state index contributed by atoms with van der Waals surface area (Å²) in [5.41, 5.74) is 1.87. The summed E-state index contributed by atoms with van der Waals surface area (Å²) in [5.74, 6) is -0.523. The first kappa shape index (κ1) is 29.3. The Hall–Kier alpha value is -2.94. The first-order chi connectivity index (χ1) is 17.1. The van der Waals surface area contributed by atoms with Gasteiger partial charge in [-0.05, 0) is 58.7 Å². The van der Waals surface area contributed by atoms with Crippen molar-refractivity contribution in [1.29, 1.82) is 0 Å². The molecule has 3 N–H and O–H groups in total. The van der Waals surface area contributed by atoms with E-state index < -0.39 is 11.6 Å². The molecule has 0 saturated carbocycles. The fraction of sp³-hybridized carbons (Fsp3) is 0.630. The summed E-state index contributed by atoms with van der Waals surface area (Å²) < 4.78 is 5.22. The highest BCUT2D eigenvalue weighted by molar-refractivity contribution is 6.00. The summed E-state index contributed by atoms with van der Waals surface area (Å²) in [6.45, 7) is 7.39. The number of likely N-dealkylation sites (N-methyl/N-ethyl adjacent to an activating group) is 1. The molecule has 3 amide bonds. The van der Waals surface area contributed by atoms with Gasteiger partial charge in [0.05, 0.1) is 6.04 Å². The fourth-order valence-corrected chi connectivity index (χ4v) is 4.20. The van der Waals surface area contributed by atoms with Crippen LogP contribution >= 0.6 is 0 Å². The van der Waals surface area contributed by atoms with E-state index in [0.29, 0.717) is 31.5 Å². The van der Waals surface area contributed by atoms with Crippen molar-refractivity contribution in [2.75, 3.05) is 25.5 Å². The Morgan fingerprint density at radius 2 is 1.78 bits per heavy atom. The summed E-state index contributed by atoms with van der Waals surface area (Å²) in [6.07, 6.45) is 7.58. The van der Waals surface area contributed by atoms with Crippen LogP contribution in [-0.2, 0) is 20.9 Å². The molecule has 1 fully saturated rings. The van der Waals surface area contributed by atoms with E-state index in [9.17, 15) is 19.2 Å². The molecule has 1 aliphatic rings. The third kappa shape index (κ3) is 10.4. The van der Waals surface area contributed by atoms with Crippen molar-refractivity contribution in [3.63, 3.8) is 0 Å². The summed E-state index contributed by atoms with van der Waals surface area (Å²) in [7, 11) is 1.84. The number of unbranched alkanes of at least 4 members (excludes halogenated alkanes) is 5. The molecule has 1 aromatic rings. The van der Waals surface area contributed by atoms with Crippen LogP contribution in [0.5, 0.6) is 0 Å². The number of hydrogen-bond acceptors (Lipinski definition) is 7. The van der Waals surface area contributed by atoms with Gasteiger partial charge < -0.3 is 15.4 Å². The van der Waals surface area contributed by atoms with Gasteiger partial charge in [-0.1, -0.05) is 37.8 Å². The van der Waals surface area contributed by atoms with Crippen molar-refractivity contribution in [2.24, 2.45) is 0 Å². The molecule has 2 rings (SSSR count). The highest BCUT2D eigenvalue weighted by atomic mass is 16.6. The molecular weight excluding hydrogens is 460 g/mol. The van der Waals surface area contributed by atoms with Crippen molar-refractivity contribution in [2.45, 2.75) is 90.3 Å². The lowest BCUT2D eigenvalue weighted by Crippen LogP contribution is -2.51. The van der Waals surface area contributed by atoms with E-state index in [-0.39, 0.29) is 17.9 Å². The molecule has 0 aromatic heterocycles. The van der Waals surface area contributed by atoms with E-state index in [1.165, 1.54) is 0 Å². The number of nitrogens with zero attached hydrogens (tertiary/aromatic N) is 1. The third-order valence-corrected chi connectivity index (χ3v) is 6.08. The zero-order valence-corrected chi connectivity index (χ0v) is 22.2. The maximum atomic E-state index is 12.2. The minimum atomic E-state index is -0.475. The standard InChI is InChI=1S/C27H42N4O5/c1-27(2,3)36-26(35)29-17-10-8-6-5-7-9-16-28-22-13-11-12-20(19-32)21(22)18-31(4)23-14-15-24(33)30-25(23)34/h11-13,19,23,28H,5-10,14-18H2,1-4H3,(H,29,35)(H,30,33,34). The van der Waals surface area contributed by atoms with Crippen LogP contribution in [-0.4, -0.2) is 60.9 Å². The van der Waals surface area contributed by atoms with Crippen molar-refractivity contribution in [3.05, 3.63) is 29.3 Å². The van der Waals surface area contributed by atoms with Crippen LogP contribution in [0.2, 0.25) is 0 Å². The number of ether oxygens (including phenoxy) is 1. The van der Waals surface area contributed by atoms with Crippen LogP contribution < -0.4 is 16.0 Å². The Balaban J connectivity index is 1.70. The molecule has 1 aromatic carbocycles. The number of carbonyl (C=O) groups excluding carboxylic acids is 4. The average Bonchev–Trinajstić information content (AvgIpc) is 2.79. The summed E-state index contributed by atoms with van der Waals surface area (Å²) in [6, 6.07) is 5.20. The number of nitrogens with one attached hydrogen (secondary N) is 3. The van der Waals surface area contributed by atoms with Crippen LogP contribution in [0.1, 0.15) is 88.1 Å². The smallest absolute Gasteiger partial charge is 0.407 e. The van der Waals surface area contributed by atoms with Crippen LogP contribution in [0.25, 0.3) is 0 Å². The first-order valence-corrected chi connectivity index (χ1v) is 12.9. The third-order valence-electron chi connectivity index (χ3n) is 6.08. The van der Waals surface area contributed by atoms with Crippen LogP contribution in [0.3, 0.4) is 0 Å². The summed E-state index contributed by atoms with van der Waals surface area (Å²) >= 11 is 0. The second kappa shape index (κ2) is 14.6. The average molecular weight is 503 g/mol.